The smallest absolute Gasteiger partial charge is 0.222 e. The first-order valence-electron chi connectivity index (χ1n) is 7.53. The highest BCUT2D eigenvalue weighted by molar-refractivity contribution is 5.76. The van der Waals surface area contributed by atoms with E-state index in [9.17, 15) is 4.79 Å². The Balaban J connectivity index is 1.66. The molecule has 0 atom stereocenters. The van der Waals surface area contributed by atoms with Gasteiger partial charge in [-0.25, -0.2) is 0 Å². The molecule has 2 fully saturated rings. The Labute approximate surface area is 106 Å². The number of nitrogens with zero attached hydrogens (tertiary/aromatic N) is 1. The Bertz CT molecular complexity index is 237. The van der Waals surface area contributed by atoms with Gasteiger partial charge in [0.1, 0.15) is 0 Å². The summed E-state index contributed by atoms with van der Waals surface area (Å²) in [5.74, 6) is 2.08. The second kappa shape index (κ2) is 6.42. The van der Waals surface area contributed by atoms with E-state index < -0.39 is 0 Å². The fraction of sp³-hybridized carbons (Fsp3) is 0.933. The van der Waals surface area contributed by atoms with Crippen molar-refractivity contribution in [3.05, 3.63) is 0 Å². The lowest BCUT2D eigenvalue weighted by Crippen LogP contribution is -2.38. The molecule has 1 aliphatic carbocycles. The van der Waals surface area contributed by atoms with E-state index in [1.54, 1.807) is 0 Å². The highest BCUT2D eigenvalue weighted by Gasteiger charge is 2.21. The Morgan fingerprint density at radius 2 is 1.71 bits per heavy atom. The van der Waals surface area contributed by atoms with Crippen molar-refractivity contribution < 1.29 is 4.79 Å². The number of carbonyl (C=O) groups excluding carboxylic acids is 1. The first-order valence-corrected chi connectivity index (χ1v) is 7.53. The standard InChI is InChI=1S/C15H27NO/c1-13-9-11-16(12-10-13)15(17)8-7-14-5-3-2-4-6-14/h13-14H,2-12H2,1H3. The number of amides is 1. The van der Waals surface area contributed by atoms with Crippen LogP contribution >= 0.6 is 0 Å². The van der Waals surface area contributed by atoms with Gasteiger partial charge in [-0.2, -0.15) is 0 Å². The highest BCUT2D eigenvalue weighted by Crippen LogP contribution is 2.27. The topological polar surface area (TPSA) is 20.3 Å². The minimum atomic E-state index is 0.419. The van der Waals surface area contributed by atoms with Crippen molar-refractivity contribution in [3.8, 4) is 0 Å². The van der Waals surface area contributed by atoms with Crippen LogP contribution in [0.1, 0.15) is 64.7 Å². The minimum Gasteiger partial charge on any atom is -0.343 e. The van der Waals surface area contributed by atoms with E-state index in [0.29, 0.717) is 5.91 Å². The quantitative estimate of drug-likeness (QED) is 0.734. The molecule has 1 amide bonds. The number of piperidine rings is 1. The first kappa shape index (κ1) is 12.9. The summed E-state index contributed by atoms with van der Waals surface area (Å²) in [6.07, 6.45) is 11.3. The van der Waals surface area contributed by atoms with Gasteiger partial charge in [-0.05, 0) is 31.1 Å². The van der Waals surface area contributed by atoms with Crippen LogP contribution in [0.4, 0.5) is 0 Å². The lowest BCUT2D eigenvalue weighted by Gasteiger charge is -2.31. The molecule has 0 spiro atoms. The molecule has 2 rings (SSSR count). The van der Waals surface area contributed by atoms with E-state index in [-0.39, 0.29) is 0 Å². The molecule has 0 N–H and O–H groups in total. The molecule has 0 bridgehead atoms. The molecule has 0 unspecified atom stereocenters. The SMILES string of the molecule is CC1CCN(C(=O)CCC2CCCCC2)CC1. The van der Waals surface area contributed by atoms with Gasteiger partial charge in [-0.15, -0.1) is 0 Å². The molecule has 2 nitrogen and oxygen atoms in total. The molecular formula is C15H27NO. The molecule has 1 aliphatic heterocycles. The third-order valence-electron chi connectivity index (χ3n) is 4.63. The molecule has 0 aromatic heterocycles. The third-order valence-corrected chi connectivity index (χ3v) is 4.63. The molecule has 0 aromatic rings. The largest absolute Gasteiger partial charge is 0.343 e. The van der Waals surface area contributed by atoms with Gasteiger partial charge in [0, 0.05) is 19.5 Å². The molecule has 2 aliphatic rings. The van der Waals surface area contributed by atoms with Gasteiger partial charge in [-0.1, -0.05) is 39.0 Å². The van der Waals surface area contributed by atoms with Gasteiger partial charge < -0.3 is 4.90 Å². The molecule has 2 heteroatoms. The zero-order chi connectivity index (χ0) is 12.1. The third kappa shape index (κ3) is 4.01. The summed E-state index contributed by atoms with van der Waals surface area (Å²) in [6, 6.07) is 0. The average molecular weight is 237 g/mol. The van der Waals surface area contributed by atoms with E-state index in [4.69, 9.17) is 0 Å². The van der Waals surface area contributed by atoms with Crippen LogP contribution in [0, 0.1) is 11.8 Å². The van der Waals surface area contributed by atoms with Crippen molar-refractivity contribution in [1.29, 1.82) is 0 Å². The van der Waals surface area contributed by atoms with E-state index in [1.165, 1.54) is 44.9 Å². The second-order valence-electron chi connectivity index (χ2n) is 6.11. The van der Waals surface area contributed by atoms with Crippen LogP contribution in [0.25, 0.3) is 0 Å². The van der Waals surface area contributed by atoms with E-state index in [1.807, 2.05) is 0 Å². The fourth-order valence-electron chi connectivity index (χ4n) is 3.22. The van der Waals surface area contributed by atoms with Gasteiger partial charge in [0.2, 0.25) is 5.91 Å². The van der Waals surface area contributed by atoms with Gasteiger partial charge in [0.15, 0.2) is 0 Å². The van der Waals surface area contributed by atoms with E-state index in [0.717, 1.165) is 37.8 Å². The molecule has 98 valence electrons. The number of hydrogen-bond acceptors (Lipinski definition) is 1. The number of hydrogen-bond donors (Lipinski definition) is 0. The van der Waals surface area contributed by atoms with Crippen LogP contribution in [0.5, 0.6) is 0 Å². The summed E-state index contributed by atoms with van der Waals surface area (Å²) in [4.78, 5) is 14.2. The molecule has 17 heavy (non-hydrogen) atoms. The maximum atomic E-state index is 12.1. The highest BCUT2D eigenvalue weighted by atomic mass is 16.2. The average Bonchev–Trinajstić information content (AvgIpc) is 2.38. The molecule has 1 saturated carbocycles. The molecule has 1 heterocycles. The molecule has 0 aromatic carbocycles. The number of rotatable bonds is 3. The van der Waals surface area contributed by atoms with Gasteiger partial charge in [0.25, 0.3) is 0 Å². The van der Waals surface area contributed by atoms with Crippen molar-refractivity contribution in [2.75, 3.05) is 13.1 Å². The maximum Gasteiger partial charge on any atom is 0.222 e. The first-order chi connectivity index (χ1) is 8.25. The Morgan fingerprint density at radius 1 is 1.06 bits per heavy atom. The lowest BCUT2D eigenvalue weighted by molar-refractivity contribution is -0.132. The molecule has 0 radical (unpaired) electrons. The zero-order valence-electron chi connectivity index (χ0n) is 11.3. The van der Waals surface area contributed by atoms with Crippen LogP contribution in [-0.4, -0.2) is 23.9 Å². The summed E-state index contributed by atoms with van der Waals surface area (Å²) in [5.41, 5.74) is 0. The van der Waals surface area contributed by atoms with Gasteiger partial charge in [0.05, 0.1) is 0 Å². The van der Waals surface area contributed by atoms with Crippen molar-refractivity contribution in [1.82, 2.24) is 4.90 Å². The van der Waals surface area contributed by atoms with Crippen LogP contribution in [-0.2, 0) is 4.79 Å². The van der Waals surface area contributed by atoms with E-state index in [2.05, 4.69) is 11.8 Å². The Kier molecular flexibility index (Phi) is 4.87. The van der Waals surface area contributed by atoms with Crippen molar-refractivity contribution >= 4 is 5.91 Å². The summed E-state index contributed by atoms with van der Waals surface area (Å²) in [7, 11) is 0. The lowest BCUT2D eigenvalue weighted by atomic mass is 9.86. The number of likely N-dealkylation sites (tertiary alicyclic amines) is 1. The predicted molar refractivity (Wildman–Crippen MR) is 70.8 cm³/mol. The normalized spacial score (nSPS) is 23.9. The summed E-state index contributed by atoms with van der Waals surface area (Å²) >= 11 is 0. The number of carbonyl (C=O) groups is 1. The van der Waals surface area contributed by atoms with Gasteiger partial charge >= 0.3 is 0 Å². The van der Waals surface area contributed by atoms with E-state index >= 15 is 0 Å². The minimum absolute atomic E-state index is 0.419. The second-order valence-corrected chi connectivity index (χ2v) is 6.11. The molecular weight excluding hydrogens is 210 g/mol. The summed E-state index contributed by atoms with van der Waals surface area (Å²) in [6.45, 7) is 4.30. The summed E-state index contributed by atoms with van der Waals surface area (Å²) in [5, 5.41) is 0. The monoisotopic (exact) mass is 237 g/mol. The Morgan fingerprint density at radius 3 is 2.35 bits per heavy atom. The van der Waals surface area contributed by atoms with Gasteiger partial charge in [-0.3, -0.25) is 4.79 Å². The van der Waals surface area contributed by atoms with Crippen LogP contribution < -0.4 is 0 Å². The predicted octanol–water partition coefficient (Wildman–Crippen LogP) is 3.61. The summed E-state index contributed by atoms with van der Waals surface area (Å²) < 4.78 is 0. The van der Waals surface area contributed by atoms with Crippen LogP contribution in [0.3, 0.4) is 0 Å². The van der Waals surface area contributed by atoms with Crippen LogP contribution in [0.2, 0.25) is 0 Å². The zero-order valence-corrected chi connectivity index (χ0v) is 11.3. The maximum absolute atomic E-state index is 12.1. The fourth-order valence-corrected chi connectivity index (χ4v) is 3.22. The van der Waals surface area contributed by atoms with Crippen LogP contribution in [0.15, 0.2) is 0 Å². The Hall–Kier alpha value is -0.530. The van der Waals surface area contributed by atoms with Crippen molar-refractivity contribution in [2.24, 2.45) is 11.8 Å². The van der Waals surface area contributed by atoms with Crippen molar-refractivity contribution in [3.63, 3.8) is 0 Å². The van der Waals surface area contributed by atoms with Crippen molar-refractivity contribution in [2.45, 2.75) is 64.7 Å². The molecule has 1 saturated heterocycles.